The molecule has 0 amide bonds. The lowest BCUT2D eigenvalue weighted by atomic mass is 9.86. The zero-order chi connectivity index (χ0) is 16.2. The number of allylic oxidation sites excluding steroid dienone is 2. The van der Waals surface area contributed by atoms with Gasteiger partial charge in [0.25, 0.3) is 10.0 Å². The fourth-order valence-electron chi connectivity index (χ4n) is 4.27. The Hall–Kier alpha value is -1.40. The van der Waals surface area contributed by atoms with Crippen LogP contribution in [0.2, 0.25) is 0 Å². The smallest absolute Gasteiger partial charge is 0.263 e. The van der Waals surface area contributed by atoms with E-state index in [1.165, 1.54) is 6.42 Å². The van der Waals surface area contributed by atoms with Crippen LogP contribution >= 0.6 is 12.2 Å². The highest BCUT2D eigenvalue weighted by atomic mass is 32.2. The van der Waals surface area contributed by atoms with E-state index in [9.17, 15) is 8.42 Å². The fraction of sp³-hybridized carbons (Fsp3) is 0.471. The van der Waals surface area contributed by atoms with Gasteiger partial charge in [0, 0.05) is 13.1 Å². The Balaban J connectivity index is 1.45. The summed E-state index contributed by atoms with van der Waals surface area (Å²) in [5.74, 6) is 2.58. The lowest BCUT2D eigenvalue weighted by Crippen LogP contribution is -2.42. The molecule has 2 aliphatic carbocycles. The molecule has 4 atom stereocenters. The van der Waals surface area contributed by atoms with E-state index < -0.39 is 10.0 Å². The minimum absolute atomic E-state index is 0.256. The number of aryl methyl sites for hydroxylation is 1. The Bertz CT molecular complexity index is 750. The van der Waals surface area contributed by atoms with Gasteiger partial charge in [-0.05, 0) is 61.4 Å². The van der Waals surface area contributed by atoms with Crippen molar-refractivity contribution < 1.29 is 8.42 Å². The van der Waals surface area contributed by atoms with Crippen LogP contribution in [0.1, 0.15) is 12.0 Å². The van der Waals surface area contributed by atoms with Crippen LogP contribution in [-0.2, 0) is 10.0 Å². The summed E-state index contributed by atoms with van der Waals surface area (Å²) in [4.78, 5) is 2.29. The van der Waals surface area contributed by atoms with Crippen LogP contribution in [-0.4, -0.2) is 31.5 Å². The molecule has 0 radical (unpaired) electrons. The minimum atomic E-state index is -3.60. The lowest BCUT2D eigenvalue weighted by Gasteiger charge is -2.22. The van der Waals surface area contributed by atoms with Crippen molar-refractivity contribution in [2.75, 3.05) is 13.1 Å². The summed E-state index contributed by atoms with van der Waals surface area (Å²) in [5, 5.41) is 0.333. The molecule has 1 N–H and O–H groups in total. The molecule has 1 saturated carbocycles. The standard InChI is InChI=1S/C17H20N2O2S2/c1-11-2-6-14(7-3-11)23(20,21)18-17(22)19-9-15-12-4-5-13(8-12)16(15)10-19/h2-7,12-13,15-16H,8-10H2,1H3,(H,18,22)/t12-,13-,15-,16+/m0/s1. The van der Waals surface area contributed by atoms with E-state index in [0.29, 0.717) is 28.8 Å². The van der Waals surface area contributed by atoms with Gasteiger partial charge in [-0.3, -0.25) is 4.72 Å². The van der Waals surface area contributed by atoms with Crippen molar-refractivity contribution in [3.8, 4) is 0 Å². The highest BCUT2D eigenvalue weighted by molar-refractivity contribution is 7.91. The van der Waals surface area contributed by atoms with Crippen LogP contribution in [0.25, 0.3) is 0 Å². The fourth-order valence-corrected chi connectivity index (χ4v) is 5.72. The number of benzene rings is 1. The van der Waals surface area contributed by atoms with Crippen molar-refractivity contribution in [2.45, 2.75) is 18.2 Å². The molecule has 0 unspecified atom stereocenters. The molecule has 6 heteroatoms. The molecule has 2 bridgehead atoms. The van der Waals surface area contributed by atoms with Crippen molar-refractivity contribution in [2.24, 2.45) is 23.7 Å². The average Bonchev–Trinajstić information content (AvgIpc) is 3.20. The van der Waals surface area contributed by atoms with Crippen LogP contribution in [0.4, 0.5) is 0 Å². The molecule has 1 aromatic rings. The summed E-state index contributed by atoms with van der Waals surface area (Å²) in [5.41, 5.74) is 1.03. The first-order chi connectivity index (χ1) is 10.9. The first-order valence-electron chi connectivity index (χ1n) is 8.01. The molecule has 0 aromatic heterocycles. The predicted octanol–water partition coefficient (Wildman–Crippen LogP) is 2.31. The first-order valence-corrected chi connectivity index (χ1v) is 9.90. The van der Waals surface area contributed by atoms with Gasteiger partial charge in [-0.25, -0.2) is 8.42 Å². The largest absolute Gasteiger partial charge is 0.348 e. The average molecular weight is 348 g/mol. The van der Waals surface area contributed by atoms with Gasteiger partial charge in [-0.2, -0.15) is 0 Å². The van der Waals surface area contributed by atoms with E-state index in [1.54, 1.807) is 24.3 Å². The van der Waals surface area contributed by atoms with Gasteiger partial charge in [0.2, 0.25) is 0 Å². The summed E-state index contributed by atoms with van der Waals surface area (Å²) < 4.78 is 27.5. The zero-order valence-electron chi connectivity index (χ0n) is 13.0. The van der Waals surface area contributed by atoms with Crippen molar-refractivity contribution in [3.05, 3.63) is 42.0 Å². The number of fused-ring (bicyclic) bond motifs is 5. The van der Waals surface area contributed by atoms with Crippen molar-refractivity contribution >= 4 is 27.4 Å². The van der Waals surface area contributed by atoms with Gasteiger partial charge >= 0.3 is 0 Å². The van der Waals surface area contributed by atoms with Crippen LogP contribution < -0.4 is 4.72 Å². The predicted molar refractivity (Wildman–Crippen MR) is 93.4 cm³/mol. The van der Waals surface area contributed by atoms with E-state index in [4.69, 9.17) is 12.2 Å². The van der Waals surface area contributed by atoms with Crippen LogP contribution in [0.15, 0.2) is 41.3 Å². The third-order valence-electron chi connectivity index (χ3n) is 5.50. The maximum absolute atomic E-state index is 12.5. The van der Waals surface area contributed by atoms with Crippen molar-refractivity contribution in [1.82, 2.24) is 9.62 Å². The summed E-state index contributed by atoms with van der Waals surface area (Å²) >= 11 is 5.38. The number of hydrogen-bond acceptors (Lipinski definition) is 3. The second-order valence-electron chi connectivity index (χ2n) is 6.90. The third kappa shape index (κ3) is 2.58. The molecule has 2 fully saturated rings. The second kappa shape index (κ2) is 5.31. The Labute approximate surface area is 142 Å². The van der Waals surface area contributed by atoms with Gasteiger partial charge in [0.05, 0.1) is 4.90 Å². The maximum Gasteiger partial charge on any atom is 0.263 e. The quantitative estimate of drug-likeness (QED) is 0.658. The van der Waals surface area contributed by atoms with E-state index in [2.05, 4.69) is 16.9 Å². The molecular formula is C17H20N2O2S2. The third-order valence-corrected chi connectivity index (χ3v) is 7.35. The van der Waals surface area contributed by atoms with E-state index in [0.717, 1.165) is 18.7 Å². The molecular weight excluding hydrogens is 328 g/mol. The Morgan fingerprint density at radius 1 is 1.13 bits per heavy atom. The Kier molecular flexibility index (Phi) is 3.50. The molecule has 122 valence electrons. The highest BCUT2D eigenvalue weighted by Crippen LogP contribution is 2.51. The number of sulfonamides is 1. The summed E-state index contributed by atoms with van der Waals surface area (Å²) in [6.07, 6.45) is 5.93. The number of likely N-dealkylation sites (tertiary alicyclic amines) is 1. The zero-order valence-corrected chi connectivity index (χ0v) is 14.6. The van der Waals surface area contributed by atoms with E-state index in [1.807, 2.05) is 11.8 Å². The van der Waals surface area contributed by atoms with Crippen LogP contribution in [0.5, 0.6) is 0 Å². The second-order valence-corrected chi connectivity index (χ2v) is 8.97. The Morgan fingerprint density at radius 3 is 2.26 bits per heavy atom. The van der Waals surface area contributed by atoms with Crippen LogP contribution in [0, 0.1) is 30.6 Å². The molecule has 23 heavy (non-hydrogen) atoms. The topological polar surface area (TPSA) is 49.4 Å². The van der Waals surface area contributed by atoms with E-state index >= 15 is 0 Å². The SMILES string of the molecule is Cc1ccc(S(=O)(=O)NC(=S)N2C[C@@H]3[C@H](C2)[C@H]2C=C[C@H]3C2)cc1. The van der Waals surface area contributed by atoms with Gasteiger partial charge in [0.15, 0.2) is 5.11 Å². The van der Waals surface area contributed by atoms with Gasteiger partial charge in [0.1, 0.15) is 0 Å². The number of thiocarbonyl (C=S) groups is 1. The monoisotopic (exact) mass is 348 g/mol. The maximum atomic E-state index is 12.5. The number of hydrogen-bond donors (Lipinski definition) is 1. The van der Waals surface area contributed by atoms with Crippen LogP contribution in [0.3, 0.4) is 0 Å². The van der Waals surface area contributed by atoms with Gasteiger partial charge in [-0.1, -0.05) is 29.8 Å². The summed E-state index contributed by atoms with van der Waals surface area (Å²) in [6, 6.07) is 6.81. The number of rotatable bonds is 2. The first kappa shape index (κ1) is 15.1. The molecule has 1 heterocycles. The minimum Gasteiger partial charge on any atom is -0.348 e. The normalized spacial score (nSPS) is 31.4. The summed E-state index contributed by atoms with van der Waals surface area (Å²) in [6.45, 7) is 3.66. The lowest BCUT2D eigenvalue weighted by molar-refractivity contribution is 0.395. The molecule has 1 aromatic carbocycles. The highest BCUT2D eigenvalue weighted by Gasteiger charge is 2.49. The molecule has 4 nitrogen and oxygen atoms in total. The van der Waals surface area contributed by atoms with E-state index in [-0.39, 0.29) is 4.90 Å². The molecule has 0 spiro atoms. The molecule has 3 aliphatic rings. The van der Waals surface area contributed by atoms with Gasteiger partial charge in [-0.15, -0.1) is 0 Å². The van der Waals surface area contributed by atoms with Gasteiger partial charge < -0.3 is 4.90 Å². The van der Waals surface area contributed by atoms with Crippen molar-refractivity contribution in [1.29, 1.82) is 0 Å². The number of nitrogens with zero attached hydrogens (tertiary/aromatic N) is 1. The Morgan fingerprint density at radius 2 is 1.70 bits per heavy atom. The summed E-state index contributed by atoms with van der Waals surface area (Å²) in [7, 11) is -3.60. The molecule has 4 rings (SSSR count). The van der Waals surface area contributed by atoms with Crippen molar-refractivity contribution in [3.63, 3.8) is 0 Å². The molecule has 1 aliphatic heterocycles. The number of nitrogens with one attached hydrogen (secondary N) is 1. The molecule has 1 saturated heterocycles.